The lowest BCUT2D eigenvalue weighted by Gasteiger charge is -2.49. The molecule has 7 heteroatoms. The van der Waals surface area contributed by atoms with E-state index in [1.165, 1.54) is 4.90 Å². The van der Waals surface area contributed by atoms with Crippen LogP contribution in [0.15, 0.2) is 18.2 Å². The van der Waals surface area contributed by atoms with Crippen molar-refractivity contribution < 1.29 is 14.3 Å². The summed E-state index contributed by atoms with van der Waals surface area (Å²) in [5.41, 5.74) is 8.09. The summed E-state index contributed by atoms with van der Waals surface area (Å²) in [7, 11) is 1.76. The van der Waals surface area contributed by atoms with E-state index in [4.69, 9.17) is 20.6 Å². The summed E-state index contributed by atoms with van der Waals surface area (Å²) in [5, 5.41) is 17.7. The summed E-state index contributed by atoms with van der Waals surface area (Å²) in [6.07, 6.45) is 2.66. The van der Waals surface area contributed by atoms with Crippen LogP contribution in [0.3, 0.4) is 0 Å². The summed E-state index contributed by atoms with van der Waals surface area (Å²) in [4.78, 5) is 15.6. The molecule has 1 spiro atoms. The summed E-state index contributed by atoms with van der Waals surface area (Å²) >= 11 is 0. The van der Waals surface area contributed by atoms with Crippen molar-refractivity contribution in [3.05, 3.63) is 34.9 Å². The molecule has 7 nitrogen and oxygen atoms in total. The van der Waals surface area contributed by atoms with Crippen LogP contribution < -0.4 is 5.73 Å². The van der Waals surface area contributed by atoms with Gasteiger partial charge in [0.2, 0.25) is 5.91 Å². The molecule has 3 N–H and O–H groups in total. The Hall–Kier alpha value is -2.43. The Bertz CT molecular complexity index is 952. The number of fused-ring (bicyclic) bond motifs is 1. The minimum Gasteiger partial charge on any atom is -0.381 e. The molecule has 0 bridgehead atoms. The highest BCUT2D eigenvalue weighted by Crippen LogP contribution is 2.58. The third kappa shape index (κ3) is 3.70. The van der Waals surface area contributed by atoms with Gasteiger partial charge in [0.25, 0.3) is 0 Å². The van der Waals surface area contributed by atoms with Crippen LogP contribution in [0.2, 0.25) is 0 Å². The van der Waals surface area contributed by atoms with Gasteiger partial charge in [-0.3, -0.25) is 15.1 Å². The fourth-order valence-electron chi connectivity index (χ4n) is 6.67. The lowest BCUT2D eigenvalue weighted by atomic mass is 9.59. The predicted molar refractivity (Wildman–Crippen MR) is 121 cm³/mol. The van der Waals surface area contributed by atoms with Crippen LogP contribution in [-0.4, -0.2) is 49.7 Å². The van der Waals surface area contributed by atoms with Gasteiger partial charge in [0.1, 0.15) is 0 Å². The molecule has 0 radical (unpaired) electrons. The first-order valence-corrected chi connectivity index (χ1v) is 11.4. The van der Waals surface area contributed by atoms with Crippen LogP contribution in [-0.2, 0) is 20.7 Å². The molecule has 1 amide bonds. The first-order chi connectivity index (χ1) is 15.1. The van der Waals surface area contributed by atoms with Crippen LogP contribution >= 0.6 is 0 Å². The van der Waals surface area contributed by atoms with Gasteiger partial charge in [0.05, 0.1) is 36.9 Å². The number of rotatable bonds is 4. The Morgan fingerprint density at radius 2 is 2.00 bits per heavy atom. The van der Waals surface area contributed by atoms with Gasteiger partial charge in [-0.2, -0.15) is 5.26 Å². The normalized spacial score (nSPS) is 32.6. The second-order valence-corrected chi connectivity index (χ2v) is 10.7. The van der Waals surface area contributed by atoms with Crippen LogP contribution in [0.5, 0.6) is 0 Å². The van der Waals surface area contributed by atoms with E-state index in [-0.39, 0.29) is 28.8 Å². The highest BCUT2D eigenvalue weighted by atomic mass is 16.5. The molecule has 3 aliphatic rings. The molecular formula is C25H34N4O3. The Balaban J connectivity index is 1.77. The zero-order valence-electron chi connectivity index (χ0n) is 19.5. The van der Waals surface area contributed by atoms with E-state index in [9.17, 15) is 10.1 Å². The number of ether oxygens (including phenoxy) is 2. The lowest BCUT2D eigenvalue weighted by molar-refractivity contribution is -0.144. The molecule has 1 saturated heterocycles. The number of nitrogens with one attached hydrogen (secondary N) is 1. The number of hydrogen-bond acceptors (Lipinski definition) is 5. The number of methoxy groups -OCH3 is 1. The van der Waals surface area contributed by atoms with Crippen molar-refractivity contribution in [2.45, 2.75) is 52.1 Å². The quantitative estimate of drug-likeness (QED) is 0.554. The number of hydrogen-bond donors (Lipinski definition) is 2. The van der Waals surface area contributed by atoms with E-state index < -0.39 is 5.92 Å². The minimum atomic E-state index is -0.429. The summed E-state index contributed by atoms with van der Waals surface area (Å²) in [5.74, 6) is -0.189. The van der Waals surface area contributed by atoms with Gasteiger partial charge in [0.15, 0.2) is 5.96 Å². The van der Waals surface area contributed by atoms with Crippen molar-refractivity contribution in [2.75, 3.05) is 26.9 Å². The molecular weight excluding hydrogens is 404 g/mol. The van der Waals surface area contributed by atoms with Crippen LogP contribution in [0.25, 0.3) is 0 Å². The number of amides is 1. The molecule has 1 aliphatic heterocycles. The smallest absolute Gasteiger partial charge is 0.237 e. The maximum atomic E-state index is 14.2. The SMILES string of the molecule is CO[C@H]1[C@H](C)C[C@@]2(Cc3ccc(C#N)cc3[C@H]2C(=O)N(CC2(C)COC2)C(=N)N)C[C@@H]1C. The van der Waals surface area contributed by atoms with Crippen molar-refractivity contribution in [1.82, 2.24) is 4.90 Å². The molecule has 1 aromatic carbocycles. The Morgan fingerprint density at radius 3 is 2.50 bits per heavy atom. The van der Waals surface area contributed by atoms with Crippen LogP contribution in [0.4, 0.5) is 0 Å². The van der Waals surface area contributed by atoms with Crippen molar-refractivity contribution in [3.8, 4) is 6.07 Å². The molecule has 0 unspecified atom stereocenters. The third-order valence-electron chi connectivity index (χ3n) is 7.84. The highest BCUT2D eigenvalue weighted by Gasteiger charge is 2.56. The van der Waals surface area contributed by atoms with E-state index in [1.54, 1.807) is 7.11 Å². The van der Waals surface area contributed by atoms with Crippen molar-refractivity contribution >= 4 is 11.9 Å². The number of nitrogens with two attached hydrogens (primary N) is 1. The van der Waals surface area contributed by atoms with E-state index in [0.717, 1.165) is 30.4 Å². The van der Waals surface area contributed by atoms with E-state index in [0.29, 0.717) is 37.2 Å². The molecule has 1 heterocycles. The molecule has 0 aromatic heterocycles. The largest absolute Gasteiger partial charge is 0.381 e. The molecule has 32 heavy (non-hydrogen) atoms. The minimum absolute atomic E-state index is 0.130. The van der Waals surface area contributed by atoms with Gasteiger partial charge in [-0.25, -0.2) is 0 Å². The number of nitrogens with zero attached hydrogens (tertiary/aromatic N) is 2. The van der Waals surface area contributed by atoms with Gasteiger partial charge < -0.3 is 15.2 Å². The average Bonchev–Trinajstić information content (AvgIpc) is 3.01. The third-order valence-corrected chi connectivity index (χ3v) is 7.84. The van der Waals surface area contributed by atoms with Crippen molar-refractivity contribution in [3.63, 3.8) is 0 Å². The second-order valence-electron chi connectivity index (χ2n) is 10.7. The van der Waals surface area contributed by atoms with Gasteiger partial charge in [-0.05, 0) is 59.8 Å². The first kappa shape index (κ1) is 22.8. The zero-order valence-corrected chi connectivity index (χ0v) is 19.5. The zero-order chi connectivity index (χ0) is 23.3. The number of carbonyl (C=O) groups excluding carboxylic acids is 1. The van der Waals surface area contributed by atoms with Crippen molar-refractivity contribution in [1.29, 1.82) is 10.7 Å². The maximum absolute atomic E-state index is 14.2. The number of carbonyl (C=O) groups is 1. The lowest BCUT2D eigenvalue weighted by Crippen LogP contribution is -2.56. The van der Waals surface area contributed by atoms with Gasteiger partial charge >= 0.3 is 0 Å². The topological polar surface area (TPSA) is 112 Å². The van der Waals surface area contributed by atoms with Gasteiger partial charge in [-0.15, -0.1) is 0 Å². The molecule has 2 fully saturated rings. The van der Waals surface area contributed by atoms with Crippen LogP contribution in [0, 0.1) is 39.4 Å². The number of guanidine groups is 1. The monoisotopic (exact) mass is 438 g/mol. The molecule has 4 rings (SSSR count). The summed E-state index contributed by atoms with van der Waals surface area (Å²) in [6, 6.07) is 7.93. The fraction of sp³-hybridized carbons (Fsp3) is 0.640. The van der Waals surface area contributed by atoms with E-state index in [1.807, 2.05) is 18.2 Å². The van der Waals surface area contributed by atoms with Crippen LogP contribution in [0.1, 0.15) is 56.2 Å². The number of nitriles is 1. The molecule has 1 saturated carbocycles. The second kappa shape index (κ2) is 8.17. The summed E-state index contributed by atoms with van der Waals surface area (Å²) in [6.45, 7) is 7.93. The Morgan fingerprint density at radius 1 is 1.34 bits per heavy atom. The Kier molecular flexibility index (Phi) is 5.81. The molecule has 2 aliphatic carbocycles. The molecule has 1 aromatic rings. The predicted octanol–water partition coefficient (Wildman–Crippen LogP) is 3.02. The van der Waals surface area contributed by atoms with Crippen molar-refractivity contribution in [2.24, 2.45) is 28.4 Å². The van der Waals surface area contributed by atoms with Gasteiger partial charge in [-0.1, -0.05) is 26.8 Å². The standard InChI is InChI=1S/C25H34N4O3/c1-15-8-25(9-16(2)21(15)31-4)10-18-6-5-17(11-26)7-19(18)20(25)22(30)29(23(27)28)12-24(3)13-32-14-24/h5-7,15-16,20-21H,8-10,12-14H2,1-4H3,(H3,27,28)/t15-,16+,20-,21+,25+/m0/s1. The first-order valence-electron chi connectivity index (χ1n) is 11.4. The number of benzene rings is 1. The van der Waals surface area contributed by atoms with E-state index >= 15 is 0 Å². The molecule has 172 valence electrons. The average molecular weight is 439 g/mol. The fourth-order valence-corrected chi connectivity index (χ4v) is 6.67. The summed E-state index contributed by atoms with van der Waals surface area (Å²) < 4.78 is 11.2. The Labute approximate surface area is 190 Å². The maximum Gasteiger partial charge on any atom is 0.237 e. The van der Waals surface area contributed by atoms with Gasteiger partial charge in [0, 0.05) is 19.1 Å². The molecule has 5 atom stereocenters. The highest BCUT2D eigenvalue weighted by molar-refractivity contribution is 5.99. The van der Waals surface area contributed by atoms with E-state index in [2.05, 4.69) is 26.8 Å².